The van der Waals surface area contributed by atoms with E-state index in [2.05, 4.69) is 37.9 Å². The Hall–Kier alpha value is -1.32. The van der Waals surface area contributed by atoms with Gasteiger partial charge in [0, 0.05) is 31.6 Å². The minimum atomic E-state index is 0.759. The lowest BCUT2D eigenvalue weighted by Gasteiger charge is -2.33. The number of aryl methyl sites for hydroxylation is 1. The molecule has 1 aromatic rings. The quantitative estimate of drug-likeness (QED) is 0.865. The van der Waals surface area contributed by atoms with Gasteiger partial charge in [0.05, 0.1) is 0 Å². The van der Waals surface area contributed by atoms with Gasteiger partial charge in [0.15, 0.2) is 0 Å². The lowest BCUT2D eigenvalue weighted by Crippen LogP contribution is -2.35. The van der Waals surface area contributed by atoms with E-state index in [-0.39, 0.29) is 0 Å². The number of piperidine rings is 1. The van der Waals surface area contributed by atoms with E-state index in [0.29, 0.717) is 0 Å². The van der Waals surface area contributed by atoms with Gasteiger partial charge in [-0.1, -0.05) is 20.8 Å². The summed E-state index contributed by atoms with van der Waals surface area (Å²) in [7, 11) is 0. The highest BCUT2D eigenvalue weighted by Crippen LogP contribution is 2.28. The average Bonchev–Trinajstić information content (AvgIpc) is 2.47. The van der Waals surface area contributed by atoms with E-state index in [1.54, 1.807) is 0 Å². The fourth-order valence-electron chi connectivity index (χ4n) is 2.99. The summed E-state index contributed by atoms with van der Waals surface area (Å²) in [6.07, 6.45) is 5.76. The molecule has 1 saturated heterocycles. The topological polar surface area (TPSA) is 41.1 Å². The average molecular weight is 290 g/mol. The fraction of sp³-hybridized carbons (Fsp3) is 0.765. The van der Waals surface area contributed by atoms with Crippen LogP contribution in [0.3, 0.4) is 0 Å². The molecule has 21 heavy (non-hydrogen) atoms. The summed E-state index contributed by atoms with van der Waals surface area (Å²) in [5.74, 6) is 3.92. The Morgan fingerprint density at radius 1 is 1.24 bits per heavy atom. The second kappa shape index (κ2) is 7.62. The van der Waals surface area contributed by atoms with E-state index >= 15 is 0 Å². The normalized spacial score (nSPS) is 18.9. The number of nitrogens with one attached hydrogen (secondary N) is 1. The highest BCUT2D eigenvalue weighted by Gasteiger charge is 2.21. The molecule has 0 saturated carbocycles. The largest absolute Gasteiger partial charge is 0.370 e. The molecule has 0 spiro atoms. The molecule has 0 amide bonds. The molecular formula is C17H30N4. The van der Waals surface area contributed by atoms with Crippen LogP contribution in [0.1, 0.15) is 57.8 Å². The van der Waals surface area contributed by atoms with Crippen LogP contribution in [0.15, 0.2) is 0 Å². The van der Waals surface area contributed by atoms with Gasteiger partial charge in [0.1, 0.15) is 17.5 Å². The first kappa shape index (κ1) is 16.1. The Morgan fingerprint density at radius 2 is 2.05 bits per heavy atom. The van der Waals surface area contributed by atoms with E-state index in [0.717, 1.165) is 62.3 Å². The first-order valence-corrected chi connectivity index (χ1v) is 8.52. The van der Waals surface area contributed by atoms with Gasteiger partial charge >= 0.3 is 0 Å². The molecule has 2 rings (SSSR count). The second-order valence-electron chi connectivity index (χ2n) is 6.31. The summed E-state index contributed by atoms with van der Waals surface area (Å²) in [5, 5.41) is 3.47. The third-order valence-electron chi connectivity index (χ3n) is 4.14. The minimum Gasteiger partial charge on any atom is -0.370 e. The van der Waals surface area contributed by atoms with Crippen LogP contribution in [0.4, 0.5) is 11.6 Å². The van der Waals surface area contributed by atoms with Crippen LogP contribution in [-0.4, -0.2) is 29.6 Å². The predicted octanol–water partition coefficient (Wildman–Crippen LogP) is 3.80. The van der Waals surface area contributed by atoms with E-state index in [1.807, 2.05) is 0 Å². The molecule has 1 aromatic heterocycles. The van der Waals surface area contributed by atoms with Crippen molar-refractivity contribution in [2.45, 2.75) is 59.8 Å². The maximum absolute atomic E-state index is 4.86. The number of hydrogen-bond donors (Lipinski definition) is 1. The van der Waals surface area contributed by atoms with Crippen molar-refractivity contribution < 1.29 is 0 Å². The van der Waals surface area contributed by atoms with Crippen LogP contribution in [0.2, 0.25) is 0 Å². The zero-order chi connectivity index (χ0) is 15.2. The molecule has 1 aliphatic heterocycles. The van der Waals surface area contributed by atoms with Gasteiger partial charge in [0.2, 0.25) is 0 Å². The van der Waals surface area contributed by atoms with E-state index in [1.165, 1.54) is 18.4 Å². The zero-order valence-electron chi connectivity index (χ0n) is 14.1. The van der Waals surface area contributed by atoms with Crippen molar-refractivity contribution >= 4 is 11.6 Å². The highest BCUT2D eigenvalue weighted by molar-refractivity contribution is 5.59. The summed E-state index contributed by atoms with van der Waals surface area (Å²) in [5.41, 5.74) is 1.21. The molecule has 4 nitrogen and oxygen atoms in total. The summed E-state index contributed by atoms with van der Waals surface area (Å²) in [6, 6.07) is 0. The molecule has 0 aromatic carbocycles. The Kier molecular flexibility index (Phi) is 5.83. The van der Waals surface area contributed by atoms with Crippen LogP contribution in [0, 0.1) is 12.8 Å². The van der Waals surface area contributed by atoms with Crippen LogP contribution in [-0.2, 0) is 6.42 Å². The van der Waals surface area contributed by atoms with Gasteiger partial charge < -0.3 is 10.2 Å². The smallest absolute Gasteiger partial charge is 0.137 e. The van der Waals surface area contributed by atoms with Crippen molar-refractivity contribution in [3.8, 4) is 0 Å². The van der Waals surface area contributed by atoms with Crippen LogP contribution >= 0.6 is 0 Å². The molecule has 1 atom stereocenters. The maximum atomic E-state index is 4.86. The fourth-order valence-corrected chi connectivity index (χ4v) is 2.99. The molecule has 0 bridgehead atoms. The van der Waals surface area contributed by atoms with E-state index in [4.69, 9.17) is 9.97 Å². The molecule has 4 heteroatoms. The number of anilines is 2. The maximum Gasteiger partial charge on any atom is 0.137 e. The summed E-state index contributed by atoms with van der Waals surface area (Å²) in [4.78, 5) is 12.0. The number of hydrogen-bond acceptors (Lipinski definition) is 4. The first-order valence-electron chi connectivity index (χ1n) is 8.52. The van der Waals surface area contributed by atoms with Crippen molar-refractivity contribution in [3.05, 3.63) is 11.4 Å². The lowest BCUT2D eigenvalue weighted by molar-refractivity contribution is 0.443. The van der Waals surface area contributed by atoms with Crippen molar-refractivity contribution in [1.29, 1.82) is 0 Å². The molecule has 0 radical (unpaired) electrons. The van der Waals surface area contributed by atoms with Crippen molar-refractivity contribution in [3.63, 3.8) is 0 Å². The van der Waals surface area contributed by atoms with Gasteiger partial charge in [0.25, 0.3) is 0 Å². The SMILES string of the molecule is CCCNc1nc(CCC)nc(N2CCCC(C)C2)c1C. The molecule has 1 unspecified atom stereocenters. The Morgan fingerprint density at radius 3 is 2.71 bits per heavy atom. The van der Waals surface area contributed by atoms with Gasteiger partial charge in [-0.2, -0.15) is 0 Å². The molecule has 1 fully saturated rings. The van der Waals surface area contributed by atoms with Gasteiger partial charge in [-0.25, -0.2) is 9.97 Å². The number of aromatic nitrogens is 2. The lowest BCUT2D eigenvalue weighted by atomic mass is 10.00. The molecular weight excluding hydrogens is 260 g/mol. The highest BCUT2D eigenvalue weighted by atomic mass is 15.2. The summed E-state index contributed by atoms with van der Waals surface area (Å²) < 4.78 is 0. The van der Waals surface area contributed by atoms with Crippen molar-refractivity contribution in [2.75, 3.05) is 29.9 Å². The van der Waals surface area contributed by atoms with Gasteiger partial charge in [-0.05, 0) is 38.5 Å². The summed E-state index contributed by atoms with van der Waals surface area (Å²) in [6.45, 7) is 12.1. The monoisotopic (exact) mass is 290 g/mol. The number of nitrogens with zero attached hydrogens (tertiary/aromatic N) is 3. The van der Waals surface area contributed by atoms with Crippen LogP contribution < -0.4 is 10.2 Å². The minimum absolute atomic E-state index is 0.759. The Labute approximate surface area is 129 Å². The number of rotatable bonds is 6. The van der Waals surface area contributed by atoms with Gasteiger partial charge in [-0.3, -0.25) is 0 Å². The third-order valence-corrected chi connectivity index (χ3v) is 4.14. The standard InChI is InChI=1S/C17H30N4/c1-5-8-15-19-16(18-10-6-2)14(4)17(20-15)21-11-7-9-13(3)12-21/h13H,5-12H2,1-4H3,(H,18,19,20). The van der Waals surface area contributed by atoms with Crippen LogP contribution in [0.25, 0.3) is 0 Å². The second-order valence-corrected chi connectivity index (χ2v) is 6.31. The zero-order valence-corrected chi connectivity index (χ0v) is 14.1. The van der Waals surface area contributed by atoms with E-state index in [9.17, 15) is 0 Å². The molecule has 2 heterocycles. The predicted molar refractivity (Wildman–Crippen MR) is 90.2 cm³/mol. The van der Waals surface area contributed by atoms with Crippen LogP contribution in [0.5, 0.6) is 0 Å². The molecule has 118 valence electrons. The Balaban J connectivity index is 2.30. The third kappa shape index (κ3) is 4.08. The van der Waals surface area contributed by atoms with Crippen molar-refractivity contribution in [2.24, 2.45) is 5.92 Å². The molecule has 1 aliphatic rings. The summed E-state index contributed by atoms with van der Waals surface area (Å²) >= 11 is 0. The first-order chi connectivity index (χ1) is 10.2. The van der Waals surface area contributed by atoms with Crippen molar-refractivity contribution in [1.82, 2.24) is 9.97 Å². The Bertz CT molecular complexity index is 458. The molecule has 0 aliphatic carbocycles. The molecule has 1 N–H and O–H groups in total. The van der Waals surface area contributed by atoms with E-state index < -0.39 is 0 Å². The van der Waals surface area contributed by atoms with Gasteiger partial charge in [-0.15, -0.1) is 0 Å².